The lowest BCUT2D eigenvalue weighted by Gasteiger charge is -2.28. The largest absolute Gasteiger partial charge is 0.317 e. The first-order valence-corrected chi connectivity index (χ1v) is 12.5. The molecule has 4 nitrogen and oxygen atoms in total. The van der Waals surface area contributed by atoms with E-state index in [0.29, 0.717) is 16.1 Å². The molecule has 0 amide bonds. The van der Waals surface area contributed by atoms with Crippen molar-refractivity contribution in [3.8, 4) is 10.6 Å². The molecule has 7 heteroatoms. The van der Waals surface area contributed by atoms with E-state index in [1.54, 1.807) is 6.07 Å². The fourth-order valence-electron chi connectivity index (χ4n) is 4.15. The minimum atomic E-state index is -0.145. The van der Waals surface area contributed by atoms with E-state index >= 15 is 0 Å². The van der Waals surface area contributed by atoms with Crippen LogP contribution in [-0.2, 0) is 0 Å². The number of rotatable bonds is 9. The van der Waals surface area contributed by atoms with E-state index in [1.165, 1.54) is 30.6 Å². The molecule has 1 atom stereocenters. The maximum absolute atomic E-state index is 13.6. The number of benzene rings is 1. The van der Waals surface area contributed by atoms with E-state index in [2.05, 4.69) is 15.6 Å². The van der Waals surface area contributed by atoms with Crippen LogP contribution in [0.15, 0.2) is 18.2 Å². The summed E-state index contributed by atoms with van der Waals surface area (Å²) >= 11 is 14.0. The van der Waals surface area contributed by atoms with Crippen molar-refractivity contribution >= 4 is 40.3 Å². The molecule has 1 saturated carbocycles. The molecule has 2 aromatic rings. The van der Waals surface area contributed by atoms with E-state index in [-0.39, 0.29) is 11.8 Å². The molecular formula is C23H29Cl2N3OS. The first kappa shape index (κ1) is 22.2. The molecule has 1 aliphatic heterocycles. The first-order valence-electron chi connectivity index (χ1n) is 11.0. The number of halogens is 2. The predicted octanol–water partition coefficient (Wildman–Crippen LogP) is 5.90. The van der Waals surface area contributed by atoms with Crippen LogP contribution in [0.25, 0.3) is 10.6 Å². The summed E-state index contributed by atoms with van der Waals surface area (Å²) in [6.07, 6.45) is 8.08. The van der Waals surface area contributed by atoms with Crippen molar-refractivity contribution in [3.63, 3.8) is 0 Å². The minimum absolute atomic E-state index is 0.145. The summed E-state index contributed by atoms with van der Waals surface area (Å²) in [6.45, 7) is 3.94. The molecule has 2 heterocycles. The van der Waals surface area contributed by atoms with Crippen molar-refractivity contribution < 1.29 is 4.79 Å². The lowest BCUT2D eigenvalue weighted by Crippen LogP contribution is -2.47. The molecule has 1 aromatic heterocycles. The van der Waals surface area contributed by atoms with Gasteiger partial charge in [0, 0.05) is 11.6 Å². The van der Waals surface area contributed by atoms with Gasteiger partial charge in [0.25, 0.3) is 0 Å². The second-order valence-corrected chi connectivity index (χ2v) is 10.3. The molecule has 4 rings (SSSR count). The Morgan fingerprint density at radius 1 is 1.27 bits per heavy atom. The Labute approximate surface area is 192 Å². The highest BCUT2D eigenvalue weighted by Crippen LogP contribution is 2.37. The third kappa shape index (κ3) is 5.43. The molecule has 1 saturated heterocycles. The van der Waals surface area contributed by atoms with Crippen LogP contribution in [0.3, 0.4) is 0 Å². The van der Waals surface area contributed by atoms with Crippen molar-refractivity contribution in [1.29, 1.82) is 0 Å². The van der Waals surface area contributed by atoms with Gasteiger partial charge in [0.05, 0.1) is 26.7 Å². The highest BCUT2D eigenvalue weighted by Gasteiger charge is 2.29. The van der Waals surface area contributed by atoms with Crippen LogP contribution in [0.1, 0.15) is 60.3 Å². The Morgan fingerprint density at radius 3 is 2.77 bits per heavy atom. The van der Waals surface area contributed by atoms with Gasteiger partial charge in [-0.25, -0.2) is 4.98 Å². The number of aromatic nitrogens is 1. The molecule has 1 aromatic carbocycles. The smallest absolute Gasteiger partial charge is 0.191 e. The number of nitrogens with zero attached hydrogens (tertiary/aromatic N) is 1. The molecule has 1 aliphatic carbocycles. The van der Waals surface area contributed by atoms with Crippen LogP contribution in [0.5, 0.6) is 0 Å². The molecule has 0 bridgehead atoms. The van der Waals surface area contributed by atoms with Gasteiger partial charge < -0.3 is 10.6 Å². The molecule has 162 valence electrons. The van der Waals surface area contributed by atoms with Crippen molar-refractivity contribution in [2.75, 3.05) is 13.1 Å². The summed E-state index contributed by atoms with van der Waals surface area (Å²) in [7, 11) is 0. The topological polar surface area (TPSA) is 54.0 Å². The predicted molar refractivity (Wildman–Crippen MR) is 126 cm³/mol. The number of hydrogen-bond donors (Lipinski definition) is 2. The Bertz CT molecular complexity index is 891. The van der Waals surface area contributed by atoms with Crippen LogP contribution < -0.4 is 10.6 Å². The second-order valence-electron chi connectivity index (χ2n) is 8.52. The van der Waals surface area contributed by atoms with Gasteiger partial charge in [-0.2, -0.15) is 0 Å². The number of aryl methyl sites for hydroxylation is 1. The van der Waals surface area contributed by atoms with E-state index < -0.39 is 0 Å². The Kier molecular flexibility index (Phi) is 7.48. The normalized spacial score (nSPS) is 18.5. The summed E-state index contributed by atoms with van der Waals surface area (Å²) in [5.41, 5.74) is 1.56. The van der Waals surface area contributed by atoms with Gasteiger partial charge >= 0.3 is 0 Å². The fraction of sp³-hybridized carbons (Fsp3) is 0.565. The van der Waals surface area contributed by atoms with E-state index in [4.69, 9.17) is 23.2 Å². The molecule has 2 aliphatic rings. The highest BCUT2D eigenvalue weighted by molar-refractivity contribution is 7.17. The molecule has 1 unspecified atom stereocenters. The van der Waals surface area contributed by atoms with E-state index in [9.17, 15) is 4.79 Å². The molecule has 30 heavy (non-hydrogen) atoms. The van der Waals surface area contributed by atoms with Crippen molar-refractivity contribution in [1.82, 2.24) is 15.6 Å². The van der Waals surface area contributed by atoms with Gasteiger partial charge in [-0.1, -0.05) is 61.0 Å². The number of ketones is 1. The van der Waals surface area contributed by atoms with E-state index in [0.717, 1.165) is 65.8 Å². The molecule has 0 radical (unpaired) electrons. The molecule has 2 N–H and O–H groups in total. The minimum Gasteiger partial charge on any atom is -0.317 e. The zero-order valence-electron chi connectivity index (χ0n) is 17.3. The van der Waals surface area contributed by atoms with Gasteiger partial charge in [0.15, 0.2) is 5.78 Å². The number of carbonyl (C=O) groups excluding carboxylic acids is 1. The van der Waals surface area contributed by atoms with Gasteiger partial charge in [0.1, 0.15) is 5.01 Å². The average molecular weight is 466 g/mol. The summed E-state index contributed by atoms with van der Waals surface area (Å²) in [5.74, 6) is 1.06. The van der Waals surface area contributed by atoms with Crippen LogP contribution in [0, 0.1) is 12.8 Å². The Balaban J connectivity index is 1.53. The van der Waals surface area contributed by atoms with Crippen molar-refractivity contribution in [3.05, 3.63) is 38.8 Å². The third-order valence-corrected chi connectivity index (χ3v) is 8.12. The lowest BCUT2D eigenvalue weighted by molar-refractivity contribution is 0.0927. The summed E-state index contributed by atoms with van der Waals surface area (Å²) in [4.78, 5) is 19.0. The monoisotopic (exact) mass is 465 g/mol. The standard InChI is InChI=1S/C23H29Cl2N3OS/c1-14-22(30-23(27-14)17-5-3-6-18(24)20(17)25)21(29)19(7-2-4-15-8-9-15)28-16-10-12-26-13-11-16/h3,5-6,15-16,19,26,28H,2,4,7-13H2,1H3. The quantitative estimate of drug-likeness (QED) is 0.452. The molecule has 2 fully saturated rings. The zero-order chi connectivity index (χ0) is 21.1. The zero-order valence-corrected chi connectivity index (χ0v) is 19.7. The second kappa shape index (κ2) is 10.1. The van der Waals surface area contributed by atoms with Crippen LogP contribution in [0.4, 0.5) is 0 Å². The van der Waals surface area contributed by atoms with Gasteiger partial charge in [0.2, 0.25) is 0 Å². The number of Topliss-reactive ketones (excluding diaryl/α,β-unsaturated/α-hetero) is 1. The lowest BCUT2D eigenvalue weighted by atomic mass is 9.98. The van der Waals surface area contributed by atoms with E-state index in [1.807, 2.05) is 19.1 Å². The molecule has 0 spiro atoms. The average Bonchev–Trinajstić information content (AvgIpc) is 3.49. The fourth-order valence-corrected chi connectivity index (χ4v) is 5.69. The SMILES string of the molecule is Cc1nc(-c2cccc(Cl)c2Cl)sc1C(=O)C(CCCC1CC1)NC1CCNCC1. The maximum atomic E-state index is 13.6. The molecular weight excluding hydrogens is 437 g/mol. The first-order chi connectivity index (χ1) is 14.5. The van der Waals surface area contributed by atoms with Gasteiger partial charge in [-0.3, -0.25) is 4.79 Å². The highest BCUT2D eigenvalue weighted by atomic mass is 35.5. The third-order valence-electron chi connectivity index (χ3n) is 6.10. The van der Waals surface area contributed by atoms with Gasteiger partial charge in [-0.05, 0) is 51.3 Å². The number of hydrogen-bond acceptors (Lipinski definition) is 5. The van der Waals surface area contributed by atoms with Gasteiger partial charge in [-0.15, -0.1) is 11.3 Å². The maximum Gasteiger partial charge on any atom is 0.191 e. The number of carbonyl (C=O) groups is 1. The number of nitrogens with one attached hydrogen (secondary N) is 2. The van der Waals surface area contributed by atoms with Crippen molar-refractivity contribution in [2.45, 2.75) is 64.0 Å². The number of thiazole rings is 1. The van der Waals surface area contributed by atoms with Crippen molar-refractivity contribution in [2.24, 2.45) is 5.92 Å². The van der Waals surface area contributed by atoms with Crippen LogP contribution in [0.2, 0.25) is 10.0 Å². The summed E-state index contributed by atoms with van der Waals surface area (Å²) < 4.78 is 0. The Hall–Kier alpha value is -0.980. The van der Waals surface area contributed by atoms with Crippen LogP contribution >= 0.6 is 34.5 Å². The summed E-state index contributed by atoms with van der Waals surface area (Å²) in [6, 6.07) is 5.78. The number of piperidine rings is 1. The van der Waals surface area contributed by atoms with Crippen LogP contribution in [-0.4, -0.2) is 35.9 Å². The Morgan fingerprint density at radius 2 is 2.03 bits per heavy atom. The summed E-state index contributed by atoms with van der Waals surface area (Å²) in [5, 5.41) is 8.83.